The van der Waals surface area contributed by atoms with Gasteiger partial charge in [-0.2, -0.15) is 4.98 Å². The van der Waals surface area contributed by atoms with Crippen LogP contribution in [0.1, 0.15) is 18.4 Å². The Kier molecular flexibility index (Phi) is 1.65. The fourth-order valence-electron chi connectivity index (χ4n) is 1.23. The van der Waals surface area contributed by atoms with Gasteiger partial charge in [-0.15, -0.1) is 5.10 Å². The Hall–Kier alpha value is -1.65. The summed E-state index contributed by atoms with van der Waals surface area (Å²) in [7, 11) is 0. The number of nitrogens with zero attached hydrogens (tertiary/aromatic N) is 3. The molecule has 0 spiro atoms. The standard InChI is InChI=1S/C8H10N4O/c1-3-6-9-8-10-7(13)4-5(2)12(8)11-6/h4H,3H2,1-2H3,(H,9,10,11,13). The molecule has 0 saturated carbocycles. The molecule has 0 fully saturated rings. The Bertz CT molecular complexity index is 496. The largest absolute Gasteiger partial charge is 0.291 e. The van der Waals surface area contributed by atoms with Crippen LogP contribution in [0.4, 0.5) is 0 Å². The molecule has 0 aliphatic carbocycles. The normalized spacial score (nSPS) is 10.9. The molecule has 0 radical (unpaired) electrons. The summed E-state index contributed by atoms with van der Waals surface area (Å²) < 4.78 is 1.64. The molecule has 2 aromatic heterocycles. The van der Waals surface area contributed by atoms with Gasteiger partial charge in [0, 0.05) is 18.2 Å². The molecule has 2 rings (SSSR count). The van der Waals surface area contributed by atoms with Crippen LogP contribution >= 0.6 is 0 Å². The van der Waals surface area contributed by atoms with Gasteiger partial charge in [0.25, 0.3) is 5.56 Å². The maximum absolute atomic E-state index is 11.1. The van der Waals surface area contributed by atoms with Crippen LogP contribution in [-0.2, 0) is 6.42 Å². The highest BCUT2D eigenvalue weighted by Gasteiger charge is 2.04. The van der Waals surface area contributed by atoms with E-state index in [0.29, 0.717) is 5.78 Å². The number of rotatable bonds is 1. The van der Waals surface area contributed by atoms with Crippen molar-refractivity contribution in [3.63, 3.8) is 0 Å². The van der Waals surface area contributed by atoms with E-state index >= 15 is 0 Å². The topological polar surface area (TPSA) is 63.0 Å². The monoisotopic (exact) mass is 178 g/mol. The molecule has 1 N–H and O–H groups in total. The summed E-state index contributed by atoms with van der Waals surface area (Å²) in [6, 6.07) is 1.50. The lowest BCUT2D eigenvalue weighted by Gasteiger charge is -1.93. The third-order valence-electron chi connectivity index (χ3n) is 1.88. The van der Waals surface area contributed by atoms with Crippen molar-refractivity contribution in [2.24, 2.45) is 0 Å². The zero-order chi connectivity index (χ0) is 9.42. The minimum atomic E-state index is -0.139. The number of hydrogen-bond acceptors (Lipinski definition) is 3. The molecule has 0 saturated heterocycles. The molecule has 0 aromatic carbocycles. The summed E-state index contributed by atoms with van der Waals surface area (Å²) in [6.07, 6.45) is 0.767. The molecular formula is C8H10N4O. The molecule has 0 aliphatic heterocycles. The molecule has 2 aromatic rings. The first-order chi connectivity index (χ1) is 6.20. The molecule has 0 unspecified atom stereocenters. The summed E-state index contributed by atoms with van der Waals surface area (Å²) in [5.41, 5.74) is 0.658. The van der Waals surface area contributed by atoms with E-state index in [1.54, 1.807) is 4.52 Å². The maximum Gasteiger partial charge on any atom is 0.252 e. The second-order valence-electron chi connectivity index (χ2n) is 2.89. The van der Waals surface area contributed by atoms with Crippen LogP contribution < -0.4 is 5.56 Å². The fourth-order valence-corrected chi connectivity index (χ4v) is 1.23. The zero-order valence-electron chi connectivity index (χ0n) is 7.53. The molecule has 5 heteroatoms. The summed E-state index contributed by atoms with van der Waals surface area (Å²) >= 11 is 0. The van der Waals surface area contributed by atoms with Crippen LogP contribution in [0.5, 0.6) is 0 Å². The summed E-state index contributed by atoms with van der Waals surface area (Å²) in [6.45, 7) is 3.80. The van der Waals surface area contributed by atoms with Crippen LogP contribution in [0.3, 0.4) is 0 Å². The second kappa shape index (κ2) is 2.69. The van der Waals surface area contributed by atoms with Crippen LogP contribution in [0, 0.1) is 6.92 Å². The van der Waals surface area contributed by atoms with E-state index in [0.717, 1.165) is 17.9 Å². The second-order valence-corrected chi connectivity index (χ2v) is 2.89. The van der Waals surface area contributed by atoms with Crippen molar-refractivity contribution >= 4 is 5.78 Å². The Morgan fingerprint density at radius 1 is 1.62 bits per heavy atom. The SMILES string of the molecule is CCc1nc2[nH]c(=O)cc(C)n2n1. The van der Waals surface area contributed by atoms with Crippen molar-refractivity contribution in [2.45, 2.75) is 20.3 Å². The van der Waals surface area contributed by atoms with Crippen molar-refractivity contribution in [1.29, 1.82) is 0 Å². The number of H-pyrrole nitrogens is 1. The van der Waals surface area contributed by atoms with Crippen molar-refractivity contribution in [2.75, 3.05) is 0 Å². The summed E-state index contributed by atoms with van der Waals surface area (Å²) in [5.74, 6) is 1.26. The number of fused-ring (bicyclic) bond motifs is 1. The van der Waals surface area contributed by atoms with E-state index in [9.17, 15) is 4.79 Å². The average Bonchev–Trinajstić information content (AvgIpc) is 2.47. The van der Waals surface area contributed by atoms with Crippen molar-refractivity contribution in [1.82, 2.24) is 19.6 Å². The van der Waals surface area contributed by atoms with E-state index < -0.39 is 0 Å². The minimum absolute atomic E-state index is 0.139. The highest BCUT2D eigenvalue weighted by atomic mass is 16.1. The van der Waals surface area contributed by atoms with Gasteiger partial charge in [0.2, 0.25) is 5.78 Å². The molecule has 0 aliphatic rings. The number of aromatic nitrogens is 4. The predicted octanol–water partition coefficient (Wildman–Crippen LogP) is 0.288. The zero-order valence-corrected chi connectivity index (χ0v) is 7.53. The van der Waals surface area contributed by atoms with Crippen LogP contribution in [0.2, 0.25) is 0 Å². The Balaban J connectivity index is 2.83. The summed E-state index contributed by atoms with van der Waals surface area (Å²) in [4.78, 5) is 17.8. The minimum Gasteiger partial charge on any atom is -0.291 e. The summed E-state index contributed by atoms with van der Waals surface area (Å²) in [5, 5.41) is 4.21. The van der Waals surface area contributed by atoms with Gasteiger partial charge in [-0.25, -0.2) is 4.52 Å². The van der Waals surface area contributed by atoms with Gasteiger partial charge in [0.05, 0.1) is 0 Å². The molecule has 2 heterocycles. The molecule has 68 valence electrons. The first kappa shape index (κ1) is 7.97. The first-order valence-electron chi connectivity index (χ1n) is 4.16. The number of aromatic amines is 1. The van der Waals surface area contributed by atoms with Gasteiger partial charge in [0.1, 0.15) is 0 Å². The molecule has 0 atom stereocenters. The molecule has 0 bridgehead atoms. The van der Waals surface area contributed by atoms with Gasteiger partial charge in [-0.3, -0.25) is 9.78 Å². The molecule has 5 nitrogen and oxygen atoms in total. The Morgan fingerprint density at radius 2 is 2.38 bits per heavy atom. The number of aryl methyl sites for hydroxylation is 2. The van der Waals surface area contributed by atoms with Crippen LogP contribution in [0.15, 0.2) is 10.9 Å². The van der Waals surface area contributed by atoms with E-state index in [1.165, 1.54) is 6.07 Å². The first-order valence-corrected chi connectivity index (χ1v) is 4.16. The molecule has 13 heavy (non-hydrogen) atoms. The van der Waals surface area contributed by atoms with Gasteiger partial charge in [-0.05, 0) is 6.92 Å². The van der Waals surface area contributed by atoms with Crippen LogP contribution in [-0.4, -0.2) is 19.6 Å². The third kappa shape index (κ3) is 1.22. The highest BCUT2D eigenvalue weighted by Crippen LogP contribution is 1.99. The lowest BCUT2D eigenvalue weighted by molar-refractivity contribution is 0.847. The van der Waals surface area contributed by atoms with Gasteiger partial charge >= 0.3 is 0 Å². The van der Waals surface area contributed by atoms with E-state index in [-0.39, 0.29) is 5.56 Å². The van der Waals surface area contributed by atoms with Crippen molar-refractivity contribution in [3.8, 4) is 0 Å². The van der Waals surface area contributed by atoms with Crippen molar-refractivity contribution < 1.29 is 0 Å². The predicted molar refractivity (Wildman–Crippen MR) is 47.7 cm³/mol. The van der Waals surface area contributed by atoms with E-state index in [4.69, 9.17) is 0 Å². The van der Waals surface area contributed by atoms with Crippen molar-refractivity contribution in [3.05, 3.63) is 27.9 Å². The molecule has 0 amide bonds. The highest BCUT2D eigenvalue weighted by molar-refractivity contribution is 5.27. The van der Waals surface area contributed by atoms with Gasteiger partial charge < -0.3 is 0 Å². The van der Waals surface area contributed by atoms with E-state index in [1.807, 2.05) is 13.8 Å². The Morgan fingerprint density at radius 3 is 3.08 bits per heavy atom. The smallest absolute Gasteiger partial charge is 0.252 e. The quantitative estimate of drug-likeness (QED) is 0.682. The fraction of sp³-hybridized carbons (Fsp3) is 0.375. The lowest BCUT2D eigenvalue weighted by Crippen LogP contribution is -2.09. The molecular weight excluding hydrogens is 168 g/mol. The van der Waals surface area contributed by atoms with Crippen LogP contribution in [0.25, 0.3) is 5.78 Å². The van der Waals surface area contributed by atoms with Gasteiger partial charge in [-0.1, -0.05) is 6.92 Å². The lowest BCUT2D eigenvalue weighted by atomic mass is 10.4. The maximum atomic E-state index is 11.1. The number of nitrogens with one attached hydrogen (secondary N) is 1. The third-order valence-corrected chi connectivity index (χ3v) is 1.88. The number of hydrogen-bond donors (Lipinski definition) is 1. The van der Waals surface area contributed by atoms with Gasteiger partial charge in [0.15, 0.2) is 5.82 Å². The Labute approximate surface area is 74.4 Å². The van der Waals surface area contributed by atoms with E-state index in [2.05, 4.69) is 15.1 Å². The average molecular weight is 178 g/mol.